The molecule has 90 valence electrons. The van der Waals surface area contributed by atoms with Crippen molar-refractivity contribution in [3.8, 4) is 0 Å². The number of nitrogens with one attached hydrogen (secondary N) is 1. The van der Waals surface area contributed by atoms with Crippen LogP contribution >= 0.6 is 0 Å². The smallest absolute Gasteiger partial charge is 0.133 e. The number of hydrogen-bond donors (Lipinski definition) is 1. The van der Waals surface area contributed by atoms with E-state index in [1.807, 2.05) is 0 Å². The molecule has 0 saturated carbocycles. The lowest BCUT2D eigenvalue weighted by Gasteiger charge is -2.43. The third-order valence-electron chi connectivity index (χ3n) is 3.63. The molecule has 0 aromatic rings. The van der Waals surface area contributed by atoms with E-state index in [1.54, 1.807) is 0 Å². The second-order valence-electron chi connectivity index (χ2n) is 5.35. The molecule has 0 fully saturated rings. The lowest BCUT2D eigenvalue weighted by Crippen LogP contribution is -2.57. The van der Waals surface area contributed by atoms with Crippen molar-refractivity contribution in [3.05, 3.63) is 12.2 Å². The summed E-state index contributed by atoms with van der Waals surface area (Å²) in [6, 6.07) is 0. The van der Waals surface area contributed by atoms with E-state index < -0.39 is 8.24 Å². The third kappa shape index (κ3) is 3.46. The van der Waals surface area contributed by atoms with Crippen LogP contribution in [0.2, 0.25) is 16.6 Å². The second-order valence-corrected chi connectivity index (χ2v) is 11.0. The monoisotopic (exact) mass is 227 g/mol. The van der Waals surface area contributed by atoms with Gasteiger partial charge in [0.1, 0.15) is 8.24 Å². The average Bonchev–Trinajstić information content (AvgIpc) is 2.10. The fourth-order valence-corrected chi connectivity index (χ4v) is 8.66. The molecule has 0 aliphatic heterocycles. The van der Waals surface area contributed by atoms with Crippen LogP contribution in [0.5, 0.6) is 0 Å². The molecule has 0 spiro atoms. The molecule has 0 aliphatic carbocycles. The SMILES string of the molecule is CC=CCN[Si](C(C)C)(C(C)C)C(C)C. The summed E-state index contributed by atoms with van der Waals surface area (Å²) in [5.74, 6) is 0. The van der Waals surface area contributed by atoms with E-state index in [0.717, 1.165) is 23.2 Å². The highest BCUT2D eigenvalue weighted by Gasteiger charge is 2.42. The van der Waals surface area contributed by atoms with Gasteiger partial charge in [-0.3, -0.25) is 0 Å². The van der Waals surface area contributed by atoms with Crippen molar-refractivity contribution >= 4 is 8.24 Å². The van der Waals surface area contributed by atoms with E-state index in [2.05, 4.69) is 65.6 Å². The van der Waals surface area contributed by atoms with E-state index >= 15 is 0 Å². The molecule has 0 aromatic carbocycles. The molecule has 0 unspecified atom stereocenters. The Hall–Kier alpha value is -0.0831. The third-order valence-corrected chi connectivity index (χ3v) is 10.2. The molecular weight excluding hydrogens is 198 g/mol. The first-order valence-corrected chi connectivity index (χ1v) is 8.48. The predicted octanol–water partition coefficient (Wildman–Crippen LogP) is 4.33. The Bertz CT molecular complexity index is 173. The van der Waals surface area contributed by atoms with Crippen molar-refractivity contribution < 1.29 is 0 Å². The Morgan fingerprint density at radius 2 is 1.33 bits per heavy atom. The van der Waals surface area contributed by atoms with Gasteiger partial charge in [0.2, 0.25) is 0 Å². The van der Waals surface area contributed by atoms with Gasteiger partial charge in [0.25, 0.3) is 0 Å². The molecule has 0 amide bonds. The topological polar surface area (TPSA) is 12.0 Å². The Kier molecular flexibility index (Phi) is 6.45. The van der Waals surface area contributed by atoms with Crippen molar-refractivity contribution in [1.29, 1.82) is 0 Å². The van der Waals surface area contributed by atoms with E-state index in [-0.39, 0.29) is 0 Å². The second kappa shape index (κ2) is 6.49. The molecule has 0 aromatic heterocycles. The quantitative estimate of drug-likeness (QED) is 0.526. The highest BCUT2D eigenvalue weighted by atomic mass is 28.3. The van der Waals surface area contributed by atoms with Gasteiger partial charge in [0.05, 0.1) is 0 Å². The number of hydrogen-bond acceptors (Lipinski definition) is 1. The zero-order chi connectivity index (χ0) is 12.1. The zero-order valence-electron chi connectivity index (χ0n) is 11.6. The van der Waals surface area contributed by atoms with Gasteiger partial charge in [-0.15, -0.1) is 0 Å². The van der Waals surface area contributed by atoms with Crippen molar-refractivity contribution in [2.24, 2.45) is 0 Å². The first-order chi connectivity index (χ1) is 6.89. The van der Waals surface area contributed by atoms with Crippen LogP contribution in [0.15, 0.2) is 12.2 Å². The lowest BCUT2D eigenvalue weighted by molar-refractivity contribution is 0.753. The lowest BCUT2D eigenvalue weighted by atomic mass is 10.5. The maximum Gasteiger partial charge on any atom is 0.133 e. The van der Waals surface area contributed by atoms with Crippen LogP contribution in [-0.2, 0) is 0 Å². The summed E-state index contributed by atoms with van der Waals surface area (Å²) < 4.78 is 0. The molecule has 0 bridgehead atoms. The van der Waals surface area contributed by atoms with Crippen LogP contribution in [0, 0.1) is 0 Å². The molecule has 0 radical (unpaired) electrons. The minimum Gasteiger partial charge on any atom is -0.333 e. The summed E-state index contributed by atoms with van der Waals surface area (Å²) in [6.07, 6.45) is 4.36. The zero-order valence-corrected chi connectivity index (χ0v) is 12.6. The fraction of sp³-hybridized carbons (Fsp3) is 0.846. The largest absolute Gasteiger partial charge is 0.333 e. The van der Waals surface area contributed by atoms with Gasteiger partial charge >= 0.3 is 0 Å². The summed E-state index contributed by atoms with van der Waals surface area (Å²) in [7, 11) is -1.37. The predicted molar refractivity (Wildman–Crippen MR) is 73.9 cm³/mol. The molecule has 2 heteroatoms. The summed E-state index contributed by atoms with van der Waals surface area (Å²) in [5.41, 5.74) is 2.38. The highest BCUT2D eigenvalue weighted by molar-refractivity contribution is 6.81. The van der Waals surface area contributed by atoms with Crippen LogP contribution in [0.1, 0.15) is 48.5 Å². The van der Waals surface area contributed by atoms with Crippen molar-refractivity contribution in [1.82, 2.24) is 4.98 Å². The number of rotatable bonds is 6. The highest BCUT2D eigenvalue weighted by Crippen LogP contribution is 2.38. The van der Waals surface area contributed by atoms with Crippen LogP contribution in [0.25, 0.3) is 0 Å². The van der Waals surface area contributed by atoms with Gasteiger partial charge in [0.15, 0.2) is 0 Å². The van der Waals surface area contributed by atoms with Crippen molar-refractivity contribution in [2.75, 3.05) is 6.54 Å². The minimum atomic E-state index is -1.37. The van der Waals surface area contributed by atoms with Gasteiger partial charge in [-0.2, -0.15) is 0 Å². The Labute approximate surface area is 97.4 Å². The molecule has 15 heavy (non-hydrogen) atoms. The van der Waals surface area contributed by atoms with Crippen LogP contribution in [-0.4, -0.2) is 14.8 Å². The van der Waals surface area contributed by atoms with Gasteiger partial charge in [-0.05, 0) is 23.5 Å². The molecule has 0 rings (SSSR count). The maximum atomic E-state index is 3.88. The van der Waals surface area contributed by atoms with Crippen molar-refractivity contribution in [2.45, 2.75) is 65.1 Å². The Balaban J connectivity index is 4.80. The minimum absolute atomic E-state index is 0.794. The van der Waals surface area contributed by atoms with Crippen LogP contribution < -0.4 is 4.98 Å². The normalized spacial score (nSPS) is 13.7. The van der Waals surface area contributed by atoms with Crippen LogP contribution in [0.3, 0.4) is 0 Å². The summed E-state index contributed by atoms with van der Waals surface area (Å²) in [6.45, 7) is 17.4. The first-order valence-electron chi connectivity index (χ1n) is 6.25. The molecule has 0 heterocycles. The van der Waals surface area contributed by atoms with Gasteiger partial charge in [-0.1, -0.05) is 53.7 Å². The van der Waals surface area contributed by atoms with Crippen molar-refractivity contribution in [3.63, 3.8) is 0 Å². The van der Waals surface area contributed by atoms with Crippen LogP contribution in [0.4, 0.5) is 0 Å². The number of allylic oxidation sites excluding steroid dienone is 1. The molecular formula is C13H29NSi. The standard InChI is InChI=1S/C13H29NSi/c1-8-9-10-14-15(11(2)3,12(4)5)13(6)7/h8-9,11-14H,10H2,1-7H3. The van der Waals surface area contributed by atoms with Gasteiger partial charge in [0, 0.05) is 6.54 Å². The fourth-order valence-electron chi connectivity index (χ4n) is 2.97. The van der Waals surface area contributed by atoms with Gasteiger partial charge < -0.3 is 4.98 Å². The molecule has 1 nitrogen and oxygen atoms in total. The van der Waals surface area contributed by atoms with Gasteiger partial charge in [-0.25, -0.2) is 0 Å². The van der Waals surface area contributed by atoms with E-state index in [1.165, 1.54) is 0 Å². The average molecular weight is 227 g/mol. The van der Waals surface area contributed by atoms with E-state index in [0.29, 0.717) is 0 Å². The summed E-state index contributed by atoms with van der Waals surface area (Å²) >= 11 is 0. The molecule has 0 saturated heterocycles. The molecule has 0 aliphatic rings. The molecule has 0 atom stereocenters. The maximum absolute atomic E-state index is 3.88. The summed E-state index contributed by atoms with van der Waals surface area (Å²) in [5, 5.41) is 0. The Morgan fingerprint density at radius 1 is 0.933 bits per heavy atom. The first kappa shape index (κ1) is 14.9. The summed E-state index contributed by atoms with van der Waals surface area (Å²) in [4.78, 5) is 3.88. The van der Waals surface area contributed by atoms with E-state index in [4.69, 9.17) is 0 Å². The Morgan fingerprint density at radius 3 is 1.60 bits per heavy atom. The molecule has 1 N–H and O–H groups in total. The van der Waals surface area contributed by atoms with E-state index in [9.17, 15) is 0 Å².